The highest BCUT2D eigenvalue weighted by molar-refractivity contribution is 5.81. The van der Waals surface area contributed by atoms with Crippen molar-refractivity contribution < 1.29 is 0 Å². The van der Waals surface area contributed by atoms with Crippen LogP contribution in [0.25, 0.3) is 11.1 Å². The van der Waals surface area contributed by atoms with Gasteiger partial charge in [0, 0.05) is 5.41 Å². The van der Waals surface area contributed by atoms with E-state index in [1.165, 1.54) is 54.4 Å². The molecule has 20 heavy (non-hydrogen) atoms. The molecule has 0 heteroatoms. The van der Waals surface area contributed by atoms with Crippen LogP contribution in [0.2, 0.25) is 0 Å². The first-order valence-electron chi connectivity index (χ1n) is 7.93. The number of aryl methyl sites for hydroxylation is 2. The van der Waals surface area contributed by atoms with Gasteiger partial charge >= 0.3 is 0 Å². The number of fused-ring (bicyclic) bond motifs is 5. The lowest BCUT2D eigenvalue weighted by molar-refractivity contribution is 0.352. The first-order valence-corrected chi connectivity index (χ1v) is 7.93. The van der Waals surface area contributed by atoms with Crippen molar-refractivity contribution in [1.82, 2.24) is 0 Å². The van der Waals surface area contributed by atoms with E-state index in [0.29, 0.717) is 5.41 Å². The molecule has 2 aliphatic carbocycles. The van der Waals surface area contributed by atoms with Gasteiger partial charge in [0.1, 0.15) is 0 Å². The summed E-state index contributed by atoms with van der Waals surface area (Å²) in [6.45, 7) is 4.45. The minimum Gasteiger partial charge on any atom is -0.0587 e. The molecule has 1 spiro atoms. The van der Waals surface area contributed by atoms with Crippen LogP contribution in [0.4, 0.5) is 0 Å². The predicted octanol–water partition coefficient (Wildman–Crippen LogP) is 5.53. The zero-order chi connectivity index (χ0) is 13.7. The maximum atomic E-state index is 2.45. The standard InChI is InChI=1S/C20H22/c1-14-6-8-16-17-9-7-15(2)13-19(17)20(18(16)12-14)10-4-3-5-11-20/h6-9,12-13H,3-5,10-11H2,1-2H3. The van der Waals surface area contributed by atoms with Gasteiger partial charge in [0.25, 0.3) is 0 Å². The number of benzene rings is 2. The molecule has 1 fully saturated rings. The summed E-state index contributed by atoms with van der Waals surface area (Å²) in [4.78, 5) is 0. The van der Waals surface area contributed by atoms with Gasteiger partial charge in [-0.2, -0.15) is 0 Å². The Kier molecular flexibility index (Phi) is 2.57. The third-order valence-electron chi connectivity index (χ3n) is 5.38. The average Bonchev–Trinajstić information content (AvgIpc) is 2.70. The molecule has 2 aromatic carbocycles. The van der Waals surface area contributed by atoms with Crippen LogP contribution in [0.3, 0.4) is 0 Å². The average molecular weight is 262 g/mol. The molecule has 0 N–H and O–H groups in total. The Morgan fingerprint density at radius 1 is 0.700 bits per heavy atom. The fraction of sp³-hybridized carbons (Fsp3) is 0.400. The van der Waals surface area contributed by atoms with Crippen molar-refractivity contribution in [3.8, 4) is 11.1 Å². The lowest BCUT2D eigenvalue weighted by Gasteiger charge is -2.36. The molecule has 102 valence electrons. The molecule has 0 saturated heterocycles. The zero-order valence-corrected chi connectivity index (χ0v) is 12.5. The molecule has 4 rings (SSSR count). The fourth-order valence-corrected chi connectivity index (χ4v) is 4.42. The molecule has 0 aliphatic heterocycles. The fourth-order valence-electron chi connectivity index (χ4n) is 4.42. The summed E-state index contributed by atoms with van der Waals surface area (Å²) >= 11 is 0. The van der Waals surface area contributed by atoms with E-state index in [9.17, 15) is 0 Å². The summed E-state index contributed by atoms with van der Waals surface area (Å²) < 4.78 is 0. The van der Waals surface area contributed by atoms with Crippen LogP contribution in [-0.4, -0.2) is 0 Å². The molecular weight excluding hydrogens is 240 g/mol. The summed E-state index contributed by atoms with van der Waals surface area (Å²) in [6.07, 6.45) is 6.82. The highest BCUT2D eigenvalue weighted by Gasteiger charge is 2.43. The molecule has 0 bridgehead atoms. The van der Waals surface area contributed by atoms with Crippen LogP contribution in [-0.2, 0) is 5.41 Å². The number of hydrogen-bond acceptors (Lipinski definition) is 0. The summed E-state index contributed by atoms with van der Waals surface area (Å²) in [5.74, 6) is 0. The number of rotatable bonds is 0. The van der Waals surface area contributed by atoms with Crippen molar-refractivity contribution in [2.75, 3.05) is 0 Å². The van der Waals surface area contributed by atoms with Gasteiger partial charge in [-0.15, -0.1) is 0 Å². The topological polar surface area (TPSA) is 0 Å². The van der Waals surface area contributed by atoms with Gasteiger partial charge < -0.3 is 0 Å². The Morgan fingerprint density at radius 3 is 1.70 bits per heavy atom. The minimum atomic E-state index is 0.320. The third kappa shape index (κ3) is 1.54. The Bertz CT molecular complexity index is 619. The van der Waals surface area contributed by atoms with Crippen molar-refractivity contribution in [3.05, 3.63) is 58.7 Å². The summed E-state index contributed by atoms with van der Waals surface area (Å²) in [5.41, 5.74) is 9.33. The van der Waals surface area contributed by atoms with E-state index in [2.05, 4.69) is 50.2 Å². The number of hydrogen-bond donors (Lipinski definition) is 0. The SMILES string of the molecule is Cc1ccc2c(c1)C1(CCCCC1)c1cc(C)ccc1-2. The molecule has 1 saturated carbocycles. The van der Waals surface area contributed by atoms with Crippen molar-refractivity contribution in [1.29, 1.82) is 0 Å². The quantitative estimate of drug-likeness (QED) is 0.585. The molecule has 0 aromatic heterocycles. The molecule has 0 heterocycles. The van der Waals surface area contributed by atoms with Crippen LogP contribution in [0.15, 0.2) is 36.4 Å². The minimum absolute atomic E-state index is 0.320. The van der Waals surface area contributed by atoms with Crippen LogP contribution >= 0.6 is 0 Å². The van der Waals surface area contributed by atoms with Crippen LogP contribution in [0.1, 0.15) is 54.4 Å². The van der Waals surface area contributed by atoms with Crippen molar-refractivity contribution in [3.63, 3.8) is 0 Å². The molecule has 0 unspecified atom stereocenters. The second-order valence-electron chi connectivity index (χ2n) is 6.74. The van der Waals surface area contributed by atoms with Crippen molar-refractivity contribution in [2.45, 2.75) is 51.4 Å². The smallest absolute Gasteiger partial charge is 0.0215 e. The lowest BCUT2D eigenvalue weighted by atomic mass is 9.67. The van der Waals surface area contributed by atoms with Gasteiger partial charge in [-0.25, -0.2) is 0 Å². The zero-order valence-electron chi connectivity index (χ0n) is 12.5. The van der Waals surface area contributed by atoms with Crippen LogP contribution in [0.5, 0.6) is 0 Å². The Hall–Kier alpha value is -1.56. The Morgan fingerprint density at radius 2 is 1.20 bits per heavy atom. The Balaban J connectivity index is 2.03. The summed E-state index contributed by atoms with van der Waals surface area (Å²) in [7, 11) is 0. The van der Waals surface area contributed by atoms with Crippen LogP contribution < -0.4 is 0 Å². The summed E-state index contributed by atoms with van der Waals surface area (Å²) in [5, 5.41) is 0. The maximum Gasteiger partial charge on any atom is 0.0215 e. The summed E-state index contributed by atoms with van der Waals surface area (Å²) in [6, 6.07) is 14.1. The third-order valence-corrected chi connectivity index (χ3v) is 5.38. The van der Waals surface area contributed by atoms with E-state index in [1.54, 1.807) is 11.1 Å². The molecule has 2 aliphatic rings. The predicted molar refractivity (Wildman–Crippen MR) is 85.2 cm³/mol. The molecular formula is C20H22. The van der Waals surface area contributed by atoms with Gasteiger partial charge in [-0.3, -0.25) is 0 Å². The van der Waals surface area contributed by atoms with Gasteiger partial charge in [0.05, 0.1) is 0 Å². The molecule has 0 amide bonds. The van der Waals surface area contributed by atoms with E-state index in [-0.39, 0.29) is 0 Å². The maximum absolute atomic E-state index is 2.45. The highest BCUT2D eigenvalue weighted by Crippen LogP contribution is 2.55. The van der Waals surface area contributed by atoms with E-state index in [0.717, 1.165) is 0 Å². The molecule has 2 aromatic rings. The van der Waals surface area contributed by atoms with Gasteiger partial charge in [0.15, 0.2) is 0 Å². The second-order valence-corrected chi connectivity index (χ2v) is 6.74. The first-order chi connectivity index (χ1) is 9.71. The van der Waals surface area contributed by atoms with E-state index in [1.807, 2.05) is 0 Å². The first kappa shape index (κ1) is 12.2. The van der Waals surface area contributed by atoms with Crippen molar-refractivity contribution >= 4 is 0 Å². The van der Waals surface area contributed by atoms with E-state index >= 15 is 0 Å². The van der Waals surface area contributed by atoms with Crippen LogP contribution in [0, 0.1) is 13.8 Å². The van der Waals surface area contributed by atoms with Gasteiger partial charge in [0.2, 0.25) is 0 Å². The van der Waals surface area contributed by atoms with Gasteiger partial charge in [-0.1, -0.05) is 66.8 Å². The normalized spacial score (nSPS) is 18.9. The molecule has 0 nitrogen and oxygen atoms in total. The van der Waals surface area contributed by atoms with E-state index < -0.39 is 0 Å². The van der Waals surface area contributed by atoms with Gasteiger partial charge in [-0.05, 0) is 48.9 Å². The van der Waals surface area contributed by atoms with E-state index in [4.69, 9.17) is 0 Å². The van der Waals surface area contributed by atoms with Crippen molar-refractivity contribution in [2.24, 2.45) is 0 Å². The molecule has 0 radical (unpaired) electrons. The lowest BCUT2D eigenvalue weighted by Crippen LogP contribution is -2.28. The highest BCUT2D eigenvalue weighted by atomic mass is 14.5. The monoisotopic (exact) mass is 262 g/mol. The second kappa shape index (κ2) is 4.22. The molecule has 0 atom stereocenters. The Labute approximate surface area is 121 Å². The largest absolute Gasteiger partial charge is 0.0587 e.